The van der Waals surface area contributed by atoms with E-state index >= 15 is 0 Å². The topological polar surface area (TPSA) is 36.1 Å². The minimum atomic E-state index is 0.455. The van der Waals surface area contributed by atoms with E-state index in [0.29, 0.717) is 6.42 Å². The van der Waals surface area contributed by atoms with Crippen molar-refractivity contribution in [1.82, 2.24) is 0 Å². The fraction of sp³-hybridized carbons (Fsp3) is 0.333. The molecule has 1 rings (SSSR count). The van der Waals surface area contributed by atoms with Gasteiger partial charge in [-0.15, -0.1) is 0 Å². The lowest BCUT2D eigenvalue weighted by atomic mass is 10.3. The Hall–Kier alpha value is -1.10. The lowest BCUT2D eigenvalue weighted by Crippen LogP contribution is -1.67. The van der Waals surface area contributed by atoms with Gasteiger partial charge in [0.25, 0.3) is 0 Å². The zero-order chi connectivity index (χ0) is 5.82. The molecule has 0 atom stereocenters. The van der Waals surface area contributed by atoms with E-state index in [1.54, 1.807) is 0 Å². The molecule has 0 bridgehead atoms. The summed E-state index contributed by atoms with van der Waals surface area (Å²) >= 11 is 0. The molecule has 0 saturated carbocycles. The summed E-state index contributed by atoms with van der Waals surface area (Å²) in [6, 6.07) is 2.03. The first-order valence-electron chi connectivity index (χ1n) is 2.52. The van der Waals surface area contributed by atoms with E-state index in [1.165, 1.54) is 0 Å². The van der Waals surface area contributed by atoms with Crippen LogP contribution in [0.1, 0.15) is 12.8 Å². The van der Waals surface area contributed by atoms with Gasteiger partial charge in [0.15, 0.2) is 0 Å². The van der Waals surface area contributed by atoms with Gasteiger partial charge >= 0.3 is 0 Å². The quantitative estimate of drug-likeness (QED) is 0.495. The standard InChI is InChI=1S/C6H6N2/c7-4-3-6-2-1-5-8-6/h2,5H,1,3H2. The van der Waals surface area contributed by atoms with Crippen LogP contribution in [0, 0.1) is 11.3 Å². The first-order valence-corrected chi connectivity index (χ1v) is 2.52. The molecule has 0 amide bonds. The lowest BCUT2D eigenvalue weighted by molar-refractivity contribution is 1.18. The highest BCUT2D eigenvalue weighted by Gasteiger charge is 1.94. The van der Waals surface area contributed by atoms with E-state index in [2.05, 4.69) is 4.99 Å². The fourth-order valence-corrected chi connectivity index (χ4v) is 0.610. The number of nitriles is 1. The first kappa shape index (κ1) is 5.04. The summed E-state index contributed by atoms with van der Waals surface area (Å²) in [5, 5.41) is 8.16. The Morgan fingerprint density at radius 1 is 1.88 bits per heavy atom. The average molecular weight is 106 g/mol. The number of hydrogen-bond acceptors (Lipinski definition) is 2. The highest BCUT2D eigenvalue weighted by atomic mass is 14.7. The number of rotatable bonds is 1. The summed E-state index contributed by atoms with van der Waals surface area (Å²) < 4.78 is 0. The van der Waals surface area contributed by atoms with Gasteiger partial charge in [-0.25, -0.2) is 0 Å². The summed E-state index contributed by atoms with van der Waals surface area (Å²) in [5.74, 6) is 0. The molecule has 0 aromatic rings. The van der Waals surface area contributed by atoms with Crippen molar-refractivity contribution in [3.8, 4) is 6.07 Å². The maximum absolute atomic E-state index is 8.16. The van der Waals surface area contributed by atoms with Crippen molar-refractivity contribution in [1.29, 1.82) is 5.26 Å². The van der Waals surface area contributed by atoms with Crippen molar-refractivity contribution in [2.75, 3.05) is 0 Å². The van der Waals surface area contributed by atoms with Crippen LogP contribution in [0.2, 0.25) is 0 Å². The summed E-state index contributed by atoms with van der Waals surface area (Å²) in [7, 11) is 0. The van der Waals surface area contributed by atoms with Crippen molar-refractivity contribution >= 4 is 6.21 Å². The molecule has 8 heavy (non-hydrogen) atoms. The molecule has 1 aliphatic rings. The second-order valence-corrected chi connectivity index (χ2v) is 1.58. The van der Waals surface area contributed by atoms with Crippen LogP contribution in [-0.4, -0.2) is 6.21 Å². The van der Waals surface area contributed by atoms with Gasteiger partial charge in [0.1, 0.15) is 0 Å². The predicted octanol–water partition coefficient (Wildman–Crippen LogP) is 1.26. The molecule has 0 aromatic carbocycles. The van der Waals surface area contributed by atoms with Gasteiger partial charge in [-0.3, -0.25) is 4.99 Å². The van der Waals surface area contributed by atoms with Crippen molar-refractivity contribution in [2.24, 2.45) is 4.99 Å². The molecule has 0 spiro atoms. The van der Waals surface area contributed by atoms with Gasteiger partial charge in [0.2, 0.25) is 0 Å². The van der Waals surface area contributed by atoms with Gasteiger partial charge in [-0.05, 0) is 0 Å². The van der Waals surface area contributed by atoms with Gasteiger partial charge in [0, 0.05) is 12.6 Å². The second kappa shape index (κ2) is 2.27. The number of nitrogens with zero attached hydrogens (tertiary/aromatic N) is 2. The van der Waals surface area contributed by atoms with E-state index in [1.807, 2.05) is 18.4 Å². The molecule has 0 aliphatic carbocycles. The Morgan fingerprint density at radius 3 is 3.25 bits per heavy atom. The molecule has 0 fully saturated rings. The number of allylic oxidation sites excluding steroid dienone is 2. The SMILES string of the molecule is N#CCC1=CCC=N1. The predicted molar refractivity (Wildman–Crippen MR) is 31.4 cm³/mol. The summed E-state index contributed by atoms with van der Waals surface area (Å²) in [6.45, 7) is 0. The van der Waals surface area contributed by atoms with Gasteiger partial charge < -0.3 is 0 Å². The van der Waals surface area contributed by atoms with Crippen LogP contribution in [-0.2, 0) is 0 Å². The fourth-order valence-electron chi connectivity index (χ4n) is 0.610. The average Bonchev–Trinajstić information content (AvgIpc) is 2.19. The van der Waals surface area contributed by atoms with Crippen molar-refractivity contribution in [3.05, 3.63) is 11.8 Å². The maximum atomic E-state index is 8.16. The molecule has 1 aliphatic heterocycles. The highest BCUT2D eigenvalue weighted by Crippen LogP contribution is 2.07. The van der Waals surface area contributed by atoms with Crippen LogP contribution in [0.15, 0.2) is 16.8 Å². The Bertz CT molecular complexity index is 171. The third kappa shape index (κ3) is 0.941. The van der Waals surface area contributed by atoms with E-state index < -0.39 is 0 Å². The summed E-state index contributed by atoms with van der Waals surface area (Å²) in [5.41, 5.74) is 0.910. The molecule has 0 saturated heterocycles. The zero-order valence-corrected chi connectivity index (χ0v) is 4.46. The van der Waals surface area contributed by atoms with Crippen molar-refractivity contribution < 1.29 is 0 Å². The monoisotopic (exact) mass is 106 g/mol. The molecular formula is C6H6N2. The molecular weight excluding hydrogens is 100 g/mol. The van der Waals surface area contributed by atoms with Crippen LogP contribution in [0.4, 0.5) is 0 Å². The van der Waals surface area contributed by atoms with Gasteiger partial charge in [-0.2, -0.15) is 5.26 Å². The maximum Gasteiger partial charge on any atom is 0.0771 e. The smallest absolute Gasteiger partial charge is 0.0771 e. The molecule has 0 radical (unpaired) electrons. The van der Waals surface area contributed by atoms with Crippen LogP contribution in [0.25, 0.3) is 0 Å². The van der Waals surface area contributed by atoms with Crippen molar-refractivity contribution in [3.63, 3.8) is 0 Å². The minimum absolute atomic E-state index is 0.455. The van der Waals surface area contributed by atoms with Gasteiger partial charge in [0.05, 0.1) is 18.2 Å². The van der Waals surface area contributed by atoms with Gasteiger partial charge in [-0.1, -0.05) is 6.08 Å². The Balaban J connectivity index is 2.49. The van der Waals surface area contributed by atoms with Crippen LogP contribution in [0.5, 0.6) is 0 Å². The largest absolute Gasteiger partial charge is 0.265 e. The van der Waals surface area contributed by atoms with E-state index in [4.69, 9.17) is 5.26 Å². The number of aliphatic imine (C=N–C) groups is 1. The summed E-state index contributed by atoms with van der Waals surface area (Å²) in [6.07, 6.45) is 5.13. The number of hydrogen-bond donors (Lipinski definition) is 0. The first-order chi connectivity index (χ1) is 3.93. The summed E-state index contributed by atoms with van der Waals surface area (Å²) in [4.78, 5) is 3.94. The third-order valence-electron chi connectivity index (χ3n) is 0.976. The molecule has 0 N–H and O–H groups in total. The second-order valence-electron chi connectivity index (χ2n) is 1.58. The normalized spacial score (nSPS) is 15.6. The molecule has 1 heterocycles. The van der Waals surface area contributed by atoms with Crippen LogP contribution < -0.4 is 0 Å². The molecule has 40 valence electrons. The zero-order valence-electron chi connectivity index (χ0n) is 4.46. The Kier molecular flexibility index (Phi) is 1.43. The van der Waals surface area contributed by atoms with Crippen LogP contribution in [0.3, 0.4) is 0 Å². The minimum Gasteiger partial charge on any atom is -0.265 e. The molecule has 2 nitrogen and oxygen atoms in total. The third-order valence-corrected chi connectivity index (χ3v) is 0.976. The lowest BCUT2D eigenvalue weighted by Gasteiger charge is -1.81. The van der Waals surface area contributed by atoms with E-state index in [9.17, 15) is 0 Å². The van der Waals surface area contributed by atoms with E-state index in [-0.39, 0.29) is 0 Å². The molecule has 0 aromatic heterocycles. The van der Waals surface area contributed by atoms with Crippen LogP contribution >= 0.6 is 0 Å². The molecule has 2 heteroatoms. The van der Waals surface area contributed by atoms with E-state index in [0.717, 1.165) is 12.1 Å². The Labute approximate surface area is 48.2 Å². The Morgan fingerprint density at radius 2 is 2.75 bits per heavy atom. The highest BCUT2D eigenvalue weighted by molar-refractivity contribution is 5.64. The molecule has 0 unspecified atom stereocenters. The van der Waals surface area contributed by atoms with Crippen molar-refractivity contribution in [2.45, 2.75) is 12.8 Å².